The number of nitrogens with zero attached hydrogens (tertiary/aromatic N) is 2. The van der Waals surface area contributed by atoms with Gasteiger partial charge in [-0.2, -0.15) is 0 Å². The number of rotatable bonds is 3. The second-order valence-corrected chi connectivity index (χ2v) is 4.87. The number of nitrogens with one attached hydrogen (secondary N) is 1. The van der Waals surface area contributed by atoms with Crippen LogP contribution in [0.15, 0.2) is 24.3 Å². The fourth-order valence-corrected chi connectivity index (χ4v) is 1.85. The first kappa shape index (κ1) is 13.5. The predicted octanol–water partition coefficient (Wildman–Crippen LogP) is 3.76. The summed E-state index contributed by atoms with van der Waals surface area (Å²) in [6.07, 6.45) is 0. The van der Waals surface area contributed by atoms with Gasteiger partial charge in [0.25, 0.3) is 0 Å². The zero-order valence-electron chi connectivity index (χ0n) is 11.7. The lowest BCUT2D eigenvalue weighted by Crippen LogP contribution is -2.03. The van der Waals surface area contributed by atoms with E-state index >= 15 is 0 Å². The molecule has 0 spiro atoms. The van der Waals surface area contributed by atoms with Crippen LogP contribution in [0.3, 0.4) is 0 Å². The molecule has 0 unspecified atom stereocenters. The van der Waals surface area contributed by atoms with Gasteiger partial charge in [0.05, 0.1) is 0 Å². The highest BCUT2D eigenvalue weighted by atomic mass is 19.1. The molecule has 0 atom stereocenters. The highest BCUT2D eigenvalue weighted by Gasteiger charge is 2.11. The van der Waals surface area contributed by atoms with Crippen molar-refractivity contribution in [3.63, 3.8) is 0 Å². The number of hydrogen-bond donors (Lipinski definition) is 1. The highest BCUT2D eigenvalue weighted by Crippen LogP contribution is 2.24. The van der Waals surface area contributed by atoms with E-state index in [1.165, 1.54) is 12.1 Å². The summed E-state index contributed by atoms with van der Waals surface area (Å²) in [7, 11) is 1.81. The van der Waals surface area contributed by atoms with Crippen LogP contribution in [-0.4, -0.2) is 17.0 Å². The van der Waals surface area contributed by atoms with Gasteiger partial charge in [0, 0.05) is 24.4 Å². The number of hydrogen-bond acceptors (Lipinski definition) is 3. The topological polar surface area (TPSA) is 37.8 Å². The van der Waals surface area contributed by atoms with Crippen LogP contribution in [0, 0.1) is 12.7 Å². The molecular weight excluding hydrogens is 241 g/mol. The molecule has 0 radical (unpaired) electrons. The lowest BCUT2D eigenvalue weighted by molar-refractivity contribution is 0.627. The maximum absolute atomic E-state index is 13.4. The van der Waals surface area contributed by atoms with Crippen molar-refractivity contribution in [2.24, 2.45) is 0 Å². The van der Waals surface area contributed by atoms with Crippen molar-refractivity contribution in [1.29, 1.82) is 0 Å². The number of anilines is 1. The van der Waals surface area contributed by atoms with Crippen LogP contribution in [0.2, 0.25) is 0 Å². The summed E-state index contributed by atoms with van der Waals surface area (Å²) in [5.41, 5.74) is 2.64. The van der Waals surface area contributed by atoms with Crippen LogP contribution in [-0.2, 0) is 0 Å². The van der Waals surface area contributed by atoms with E-state index in [1.54, 1.807) is 6.07 Å². The van der Waals surface area contributed by atoms with E-state index < -0.39 is 0 Å². The summed E-state index contributed by atoms with van der Waals surface area (Å²) < 4.78 is 13.4. The molecule has 19 heavy (non-hydrogen) atoms. The normalized spacial score (nSPS) is 10.8. The quantitative estimate of drug-likeness (QED) is 0.912. The van der Waals surface area contributed by atoms with Crippen molar-refractivity contribution < 1.29 is 4.39 Å². The van der Waals surface area contributed by atoms with Crippen molar-refractivity contribution in [3.8, 4) is 11.4 Å². The molecule has 2 rings (SSSR count). The van der Waals surface area contributed by atoms with Crippen molar-refractivity contribution in [2.45, 2.75) is 26.7 Å². The van der Waals surface area contributed by atoms with Gasteiger partial charge in [0.1, 0.15) is 11.6 Å². The average molecular weight is 259 g/mol. The van der Waals surface area contributed by atoms with Crippen LogP contribution >= 0.6 is 0 Å². The summed E-state index contributed by atoms with van der Waals surface area (Å²) in [5.74, 6) is 1.33. The summed E-state index contributed by atoms with van der Waals surface area (Å²) in [5, 5.41) is 3.02. The molecular formula is C15H18FN3. The van der Waals surface area contributed by atoms with Crippen LogP contribution in [0.5, 0.6) is 0 Å². The van der Waals surface area contributed by atoms with E-state index in [9.17, 15) is 4.39 Å². The van der Waals surface area contributed by atoms with Gasteiger partial charge in [0.15, 0.2) is 5.82 Å². The Morgan fingerprint density at radius 3 is 2.53 bits per heavy atom. The second kappa shape index (κ2) is 5.34. The van der Waals surface area contributed by atoms with Crippen LogP contribution in [0.4, 0.5) is 10.2 Å². The minimum Gasteiger partial charge on any atom is -0.373 e. The molecule has 3 nitrogen and oxygen atoms in total. The van der Waals surface area contributed by atoms with E-state index in [0.717, 1.165) is 22.6 Å². The van der Waals surface area contributed by atoms with Gasteiger partial charge >= 0.3 is 0 Å². The standard InChI is InChI=1S/C15H18FN3/c1-9(2)13-8-14(17-4)19-15(18-13)12-7-11(16)6-5-10(12)3/h5-9H,1-4H3,(H,17,18,19). The molecule has 100 valence electrons. The highest BCUT2D eigenvalue weighted by molar-refractivity contribution is 5.62. The third-order valence-corrected chi connectivity index (χ3v) is 3.03. The van der Waals surface area contributed by atoms with E-state index in [-0.39, 0.29) is 5.82 Å². The number of benzene rings is 1. The Morgan fingerprint density at radius 2 is 1.89 bits per heavy atom. The minimum absolute atomic E-state index is 0.273. The van der Waals surface area contributed by atoms with Crippen LogP contribution in [0.25, 0.3) is 11.4 Å². The Morgan fingerprint density at radius 1 is 1.16 bits per heavy atom. The largest absolute Gasteiger partial charge is 0.373 e. The molecule has 0 fully saturated rings. The minimum atomic E-state index is -0.273. The molecule has 1 aromatic heterocycles. The fourth-order valence-electron chi connectivity index (χ4n) is 1.85. The molecule has 0 aliphatic heterocycles. The molecule has 0 saturated carbocycles. The molecule has 0 saturated heterocycles. The SMILES string of the molecule is CNc1cc(C(C)C)nc(-c2cc(F)ccc2C)n1. The van der Waals surface area contributed by atoms with Crippen LogP contribution < -0.4 is 5.32 Å². The zero-order chi connectivity index (χ0) is 14.0. The summed E-state index contributed by atoms with van der Waals surface area (Å²) in [6.45, 7) is 6.08. The van der Waals surface area contributed by atoms with Crippen molar-refractivity contribution in [2.75, 3.05) is 12.4 Å². The first-order valence-corrected chi connectivity index (χ1v) is 6.34. The third-order valence-electron chi connectivity index (χ3n) is 3.03. The average Bonchev–Trinajstić information content (AvgIpc) is 2.40. The molecule has 1 N–H and O–H groups in total. The van der Waals surface area contributed by atoms with Crippen LogP contribution in [0.1, 0.15) is 31.0 Å². The van der Waals surface area contributed by atoms with Crippen molar-refractivity contribution >= 4 is 5.82 Å². The number of halogens is 1. The van der Waals surface area contributed by atoms with Gasteiger partial charge in [-0.3, -0.25) is 0 Å². The molecule has 0 amide bonds. The van der Waals surface area contributed by atoms with E-state index in [2.05, 4.69) is 29.1 Å². The summed E-state index contributed by atoms with van der Waals surface area (Å²) in [6, 6.07) is 6.59. The maximum atomic E-state index is 13.4. The van der Waals surface area contributed by atoms with Crippen molar-refractivity contribution in [3.05, 3.63) is 41.3 Å². The van der Waals surface area contributed by atoms with E-state index in [4.69, 9.17) is 0 Å². The van der Waals surface area contributed by atoms with E-state index in [1.807, 2.05) is 20.0 Å². The monoisotopic (exact) mass is 259 g/mol. The first-order chi connectivity index (χ1) is 9.01. The Bertz CT molecular complexity index is 594. The Balaban J connectivity index is 2.60. The first-order valence-electron chi connectivity index (χ1n) is 6.34. The number of aromatic nitrogens is 2. The summed E-state index contributed by atoms with van der Waals surface area (Å²) >= 11 is 0. The third kappa shape index (κ3) is 2.89. The molecule has 1 aromatic carbocycles. The van der Waals surface area contributed by atoms with Crippen molar-refractivity contribution in [1.82, 2.24) is 9.97 Å². The Hall–Kier alpha value is -1.97. The predicted molar refractivity (Wildman–Crippen MR) is 75.8 cm³/mol. The van der Waals surface area contributed by atoms with Gasteiger partial charge in [-0.25, -0.2) is 14.4 Å². The zero-order valence-corrected chi connectivity index (χ0v) is 11.7. The van der Waals surface area contributed by atoms with Gasteiger partial charge in [0.2, 0.25) is 0 Å². The van der Waals surface area contributed by atoms with Gasteiger partial charge < -0.3 is 5.32 Å². The second-order valence-electron chi connectivity index (χ2n) is 4.87. The lowest BCUT2D eigenvalue weighted by atomic mass is 10.1. The molecule has 0 aliphatic rings. The van der Waals surface area contributed by atoms with E-state index in [0.29, 0.717) is 11.7 Å². The molecule has 4 heteroatoms. The lowest BCUT2D eigenvalue weighted by Gasteiger charge is -2.11. The molecule has 0 bridgehead atoms. The molecule has 1 heterocycles. The van der Waals surface area contributed by atoms with Gasteiger partial charge in [-0.15, -0.1) is 0 Å². The smallest absolute Gasteiger partial charge is 0.162 e. The van der Waals surface area contributed by atoms with Gasteiger partial charge in [-0.1, -0.05) is 19.9 Å². The summed E-state index contributed by atoms with van der Waals surface area (Å²) in [4.78, 5) is 8.95. The number of aryl methyl sites for hydroxylation is 1. The van der Waals surface area contributed by atoms with Gasteiger partial charge in [-0.05, 0) is 30.5 Å². The fraction of sp³-hybridized carbons (Fsp3) is 0.333. The Labute approximate surface area is 112 Å². The Kier molecular flexibility index (Phi) is 3.79. The molecule has 0 aliphatic carbocycles. The maximum Gasteiger partial charge on any atom is 0.162 e. The molecule has 2 aromatic rings.